The van der Waals surface area contributed by atoms with Crippen molar-refractivity contribution in [3.63, 3.8) is 0 Å². The van der Waals surface area contributed by atoms with Crippen LogP contribution in [0.15, 0.2) is 0 Å². The number of hydrogen-bond donors (Lipinski definition) is 6. The van der Waals surface area contributed by atoms with E-state index >= 15 is 0 Å². The molecule has 0 heterocycles. The maximum Gasteiger partial charge on any atom is 1.00 e. The van der Waals surface area contributed by atoms with Crippen LogP contribution in [0.5, 0.6) is 0 Å². The molecule has 0 amide bonds. The van der Waals surface area contributed by atoms with E-state index in [4.69, 9.17) is 34.3 Å². The van der Waals surface area contributed by atoms with Crippen LogP contribution in [0.4, 0.5) is 0 Å². The molecule has 0 aromatic heterocycles. The standard InChI is InChI=1S/Al.BH3O3.Li.H3O4P.4H/c;2-1(3)4;;1-5(2,3)4;;;;/h;2-4H;;(H3,1,2,3,4);;;;/q;;+1;;;;;-1. The smallest absolute Gasteiger partial charge is 1.00 e. The summed E-state index contributed by atoms with van der Waals surface area (Å²) >= 11 is 0. The Morgan fingerprint density at radius 2 is 1.09 bits per heavy atom. The number of hydrogen-bond acceptors (Lipinski definition) is 4. The van der Waals surface area contributed by atoms with Gasteiger partial charge in [-0.05, 0) is 0 Å². The predicted molar refractivity (Wildman–Crippen MR) is 37.7 cm³/mol. The van der Waals surface area contributed by atoms with Gasteiger partial charge in [0.05, 0.1) is 0 Å². The van der Waals surface area contributed by atoms with Crippen LogP contribution >= 0.6 is 7.82 Å². The first-order valence-corrected chi connectivity index (χ1v) is 3.12. The van der Waals surface area contributed by atoms with Gasteiger partial charge in [0, 0.05) is 0 Å². The van der Waals surface area contributed by atoms with Crippen LogP contribution in [-0.2, 0) is 4.57 Å². The van der Waals surface area contributed by atoms with Crippen molar-refractivity contribution in [2.75, 3.05) is 0 Å². The first kappa shape index (κ1) is 22.8. The van der Waals surface area contributed by atoms with E-state index in [1.54, 1.807) is 0 Å². The van der Waals surface area contributed by atoms with Crippen molar-refractivity contribution in [3.05, 3.63) is 0 Å². The molecule has 6 N–H and O–H groups in total. The summed E-state index contributed by atoms with van der Waals surface area (Å²) in [5, 5.41) is 21.5. The third-order valence-corrected chi connectivity index (χ3v) is 0. The molecule has 0 aromatic rings. The fourth-order valence-electron chi connectivity index (χ4n) is 0. The molecule has 7 nitrogen and oxygen atoms in total. The molecule has 0 aliphatic heterocycles. The zero-order valence-corrected chi connectivity index (χ0v) is 6.01. The molecule has 0 radical (unpaired) electrons. The van der Waals surface area contributed by atoms with Gasteiger partial charge in [-0.2, -0.15) is 0 Å². The average molecular weight is 198 g/mol. The minimum absolute atomic E-state index is 0. The van der Waals surface area contributed by atoms with Crippen molar-refractivity contribution < 1.29 is 54.6 Å². The summed E-state index contributed by atoms with van der Waals surface area (Å²) in [6.45, 7) is 0. The molecule has 0 unspecified atom stereocenters. The topological polar surface area (TPSA) is 138 Å². The molecule has 0 fully saturated rings. The Kier molecular flexibility index (Phi) is 23.1. The fraction of sp³-hybridized carbons (Fsp3) is 0. The molecule has 0 rings (SSSR count). The second-order valence-electron chi connectivity index (χ2n) is 0.860. The van der Waals surface area contributed by atoms with Crippen LogP contribution < -0.4 is 18.9 Å². The van der Waals surface area contributed by atoms with Gasteiger partial charge in [-0.25, -0.2) is 4.57 Å². The SMILES string of the molecule is O=P(O)(O)O.OB(O)O.[AlH3].[H-].[Li+]. The molecule has 64 valence electrons. The maximum absolute atomic E-state index is 8.88. The molecular formula is H10AlBLiO7P. The molecule has 0 atom stereocenters. The third kappa shape index (κ3) is 672. The summed E-state index contributed by atoms with van der Waals surface area (Å²) in [6, 6.07) is 0. The molecule has 0 aliphatic rings. The van der Waals surface area contributed by atoms with Crippen LogP contribution in [0.1, 0.15) is 1.43 Å². The van der Waals surface area contributed by atoms with Crippen LogP contribution in [0, 0.1) is 0 Å². The predicted octanol–water partition coefficient (Wildman–Crippen LogP) is -7.05. The van der Waals surface area contributed by atoms with Gasteiger partial charge in [0.25, 0.3) is 0 Å². The van der Waals surface area contributed by atoms with Gasteiger partial charge in [0.1, 0.15) is 0 Å². The monoisotopic (exact) mass is 198 g/mol. The molecular weight excluding hydrogens is 188 g/mol. The Labute approximate surface area is 87.3 Å². The van der Waals surface area contributed by atoms with E-state index in [1.165, 1.54) is 0 Å². The van der Waals surface area contributed by atoms with Crippen molar-refractivity contribution in [1.29, 1.82) is 0 Å². The zero-order chi connectivity index (χ0) is 8.08. The zero-order valence-electron chi connectivity index (χ0n) is 6.12. The van der Waals surface area contributed by atoms with Crippen molar-refractivity contribution in [1.82, 2.24) is 0 Å². The van der Waals surface area contributed by atoms with E-state index in [-0.39, 0.29) is 37.6 Å². The van der Waals surface area contributed by atoms with Gasteiger partial charge in [0.15, 0.2) is 17.4 Å². The Bertz CT molecular complexity index is 94.6. The van der Waals surface area contributed by atoms with Gasteiger partial charge in [-0.3, -0.25) is 0 Å². The van der Waals surface area contributed by atoms with Gasteiger partial charge < -0.3 is 31.2 Å². The average Bonchev–Trinajstić information content (AvgIpc) is 1.19. The number of rotatable bonds is 0. The summed E-state index contributed by atoms with van der Waals surface area (Å²) in [6.07, 6.45) is 0. The van der Waals surface area contributed by atoms with Crippen LogP contribution in [0.3, 0.4) is 0 Å². The van der Waals surface area contributed by atoms with Gasteiger partial charge in [-0.15, -0.1) is 0 Å². The fourth-order valence-corrected chi connectivity index (χ4v) is 0. The van der Waals surface area contributed by atoms with Crippen LogP contribution in [-0.4, -0.2) is 54.4 Å². The largest absolute Gasteiger partial charge is 1.00 e. The second-order valence-corrected chi connectivity index (χ2v) is 1.89. The molecule has 0 saturated carbocycles. The van der Waals surface area contributed by atoms with E-state index in [0.29, 0.717) is 0 Å². The molecule has 0 spiro atoms. The van der Waals surface area contributed by atoms with Gasteiger partial charge >= 0.3 is 34.0 Å². The summed E-state index contributed by atoms with van der Waals surface area (Å²) in [4.78, 5) is 21.6. The summed E-state index contributed by atoms with van der Waals surface area (Å²) in [5.41, 5.74) is 0. The van der Waals surface area contributed by atoms with Gasteiger partial charge in [-0.1, -0.05) is 0 Å². The Morgan fingerprint density at radius 3 is 1.09 bits per heavy atom. The van der Waals surface area contributed by atoms with E-state index in [9.17, 15) is 0 Å². The van der Waals surface area contributed by atoms with Crippen molar-refractivity contribution in [2.45, 2.75) is 0 Å². The molecule has 0 aliphatic carbocycles. The quantitative estimate of drug-likeness (QED) is 0.168. The summed E-state index contributed by atoms with van der Waals surface area (Å²) in [5.74, 6) is 0. The normalized spacial score (nSPS) is 7.82. The maximum atomic E-state index is 8.88. The van der Waals surface area contributed by atoms with E-state index in [0.717, 1.165) is 0 Å². The minimum Gasteiger partial charge on any atom is -1.00 e. The van der Waals surface area contributed by atoms with E-state index in [2.05, 4.69) is 0 Å². The molecule has 0 aromatic carbocycles. The molecule has 0 saturated heterocycles. The van der Waals surface area contributed by atoms with Crippen molar-refractivity contribution in [2.24, 2.45) is 0 Å². The van der Waals surface area contributed by atoms with E-state index in [1.807, 2.05) is 0 Å². The second kappa shape index (κ2) is 11.2. The Hall–Kier alpha value is 1.18. The summed E-state index contributed by atoms with van der Waals surface area (Å²) < 4.78 is 8.88. The molecule has 11 heteroatoms. The molecule has 11 heavy (non-hydrogen) atoms. The van der Waals surface area contributed by atoms with Crippen LogP contribution in [0.2, 0.25) is 0 Å². The van der Waals surface area contributed by atoms with Crippen molar-refractivity contribution in [3.8, 4) is 0 Å². The number of phosphoric acid groups is 1. The Balaban J connectivity index is -0.0000000221. The first-order chi connectivity index (χ1) is 3.73. The first-order valence-electron chi connectivity index (χ1n) is 1.56. The molecule has 0 bridgehead atoms. The Morgan fingerprint density at radius 1 is 1.09 bits per heavy atom. The van der Waals surface area contributed by atoms with Crippen molar-refractivity contribution >= 4 is 32.5 Å². The van der Waals surface area contributed by atoms with Gasteiger partial charge in [0.2, 0.25) is 0 Å². The summed E-state index contributed by atoms with van der Waals surface area (Å²) in [7, 11) is -6.81. The van der Waals surface area contributed by atoms with E-state index < -0.39 is 15.1 Å². The minimum atomic E-state index is -4.64. The third-order valence-electron chi connectivity index (χ3n) is 0. The van der Waals surface area contributed by atoms with Crippen LogP contribution in [0.25, 0.3) is 0 Å².